The molecule has 5 heterocycles. The minimum Gasteiger partial charge on any atom is -0.495 e. The van der Waals surface area contributed by atoms with Gasteiger partial charge in [-0.25, -0.2) is 24.9 Å². The van der Waals surface area contributed by atoms with Crippen LogP contribution in [0.15, 0.2) is 41.7 Å². The van der Waals surface area contributed by atoms with Crippen molar-refractivity contribution in [2.45, 2.75) is 19.4 Å². The summed E-state index contributed by atoms with van der Waals surface area (Å²) in [6.45, 7) is 3.11. The molecule has 2 aliphatic rings. The summed E-state index contributed by atoms with van der Waals surface area (Å²) in [5.74, 6) is 2.13. The van der Waals surface area contributed by atoms with Crippen molar-refractivity contribution in [3.8, 4) is 17.0 Å². The van der Waals surface area contributed by atoms with Crippen LogP contribution in [0.2, 0.25) is 0 Å². The summed E-state index contributed by atoms with van der Waals surface area (Å²) in [6, 6.07) is 5.57. The van der Waals surface area contributed by atoms with Gasteiger partial charge in [-0.2, -0.15) is 0 Å². The lowest BCUT2D eigenvalue weighted by Gasteiger charge is -2.32. The predicted octanol–water partition coefficient (Wildman–Crippen LogP) is 2.73. The Morgan fingerprint density at radius 2 is 1.90 bits per heavy atom. The van der Waals surface area contributed by atoms with Gasteiger partial charge in [-0.1, -0.05) is 0 Å². The molecule has 2 aliphatic heterocycles. The number of carbonyl (C=O) groups excluding carboxylic acids is 2. The van der Waals surface area contributed by atoms with Crippen LogP contribution in [0.25, 0.3) is 17.3 Å². The summed E-state index contributed by atoms with van der Waals surface area (Å²) < 4.78 is 5.55. The number of hydrogen-bond acceptors (Lipinski definition) is 12. The predicted molar refractivity (Wildman–Crippen MR) is 154 cm³/mol. The highest BCUT2D eigenvalue weighted by atomic mass is 32.2. The van der Waals surface area contributed by atoms with Crippen LogP contribution in [-0.4, -0.2) is 76.9 Å². The average molecular weight is 562 g/mol. The van der Waals surface area contributed by atoms with Crippen LogP contribution in [0.4, 0.5) is 16.7 Å². The zero-order valence-electron chi connectivity index (χ0n) is 22.6. The Bertz CT molecular complexity index is 1410. The molecule has 0 saturated carbocycles. The number of piperidine rings is 1. The van der Waals surface area contributed by atoms with E-state index in [1.54, 1.807) is 37.8 Å². The van der Waals surface area contributed by atoms with Crippen molar-refractivity contribution in [2.75, 3.05) is 50.6 Å². The molecule has 2 fully saturated rings. The second-order valence-electron chi connectivity index (χ2n) is 9.71. The van der Waals surface area contributed by atoms with Gasteiger partial charge in [0.1, 0.15) is 5.75 Å². The number of methoxy groups -OCH3 is 1. The number of hydrogen-bond donors (Lipinski definition) is 2. The number of thioether (sulfide) groups is 1. The lowest BCUT2D eigenvalue weighted by molar-refractivity contribution is -0.115. The number of nitrogens with zero attached hydrogens (tertiary/aromatic N) is 7. The van der Waals surface area contributed by atoms with E-state index in [0.717, 1.165) is 66.9 Å². The molecule has 0 aliphatic carbocycles. The number of rotatable bonds is 9. The topological polar surface area (TPSA) is 138 Å². The largest absolute Gasteiger partial charge is 0.495 e. The fraction of sp³-hybridized carbons (Fsp3) is 0.370. The van der Waals surface area contributed by atoms with E-state index >= 15 is 0 Å². The van der Waals surface area contributed by atoms with E-state index in [1.165, 1.54) is 0 Å². The minimum absolute atomic E-state index is 0.339. The first-order chi connectivity index (χ1) is 19.4. The molecule has 5 rings (SSSR count). The van der Waals surface area contributed by atoms with E-state index in [9.17, 15) is 9.59 Å². The molecular weight excluding hydrogens is 530 g/mol. The summed E-state index contributed by atoms with van der Waals surface area (Å²) in [6.07, 6.45) is 8.85. The molecule has 0 unspecified atom stereocenters. The maximum absolute atomic E-state index is 11.8. The van der Waals surface area contributed by atoms with Crippen molar-refractivity contribution in [1.29, 1.82) is 0 Å². The van der Waals surface area contributed by atoms with Gasteiger partial charge in [-0.15, -0.1) is 0 Å². The molecule has 2 saturated heterocycles. The lowest BCUT2D eigenvalue weighted by Crippen LogP contribution is -2.38. The van der Waals surface area contributed by atoms with Gasteiger partial charge in [0.05, 0.1) is 29.1 Å². The molecule has 0 spiro atoms. The Morgan fingerprint density at radius 1 is 1.12 bits per heavy atom. The normalized spacial score (nSPS) is 16.9. The van der Waals surface area contributed by atoms with Crippen LogP contribution in [0.1, 0.15) is 24.2 Å². The second-order valence-corrected chi connectivity index (χ2v) is 10.7. The molecule has 13 heteroatoms. The molecule has 0 radical (unpaired) electrons. The first kappa shape index (κ1) is 27.5. The molecule has 40 heavy (non-hydrogen) atoms. The fourth-order valence-electron chi connectivity index (χ4n) is 4.53. The quantitative estimate of drug-likeness (QED) is 0.372. The summed E-state index contributed by atoms with van der Waals surface area (Å²) in [5.41, 5.74) is 3.09. The third-order valence-electron chi connectivity index (χ3n) is 6.69. The molecule has 0 aromatic carbocycles. The Balaban J connectivity index is 1.14. The SMILES string of the molecule is COc1ccc(-c2cnc(N(C)C)nc2)nc1CNCC1CCN(c2nccc(/C=C3\SC(=O)NC3=O)n2)CC1. The van der Waals surface area contributed by atoms with Crippen LogP contribution >= 0.6 is 11.8 Å². The number of imide groups is 1. The Morgan fingerprint density at radius 3 is 2.58 bits per heavy atom. The Hall–Kier alpha value is -4.10. The van der Waals surface area contributed by atoms with E-state index in [1.807, 2.05) is 31.1 Å². The smallest absolute Gasteiger partial charge is 0.290 e. The number of anilines is 2. The fourth-order valence-corrected chi connectivity index (χ4v) is 5.19. The highest BCUT2D eigenvalue weighted by Crippen LogP contribution is 2.27. The van der Waals surface area contributed by atoms with E-state index < -0.39 is 5.91 Å². The molecule has 2 amide bonds. The van der Waals surface area contributed by atoms with Crippen LogP contribution < -0.4 is 25.2 Å². The van der Waals surface area contributed by atoms with Gasteiger partial charge in [0.15, 0.2) is 0 Å². The summed E-state index contributed by atoms with van der Waals surface area (Å²) >= 11 is 0.880. The zero-order chi connectivity index (χ0) is 28.1. The van der Waals surface area contributed by atoms with Crippen molar-refractivity contribution >= 4 is 40.9 Å². The molecule has 0 bridgehead atoms. The molecule has 12 nitrogen and oxygen atoms in total. The van der Waals surface area contributed by atoms with Gasteiger partial charge in [0.25, 0.3) is 11.1 Å². The number of aromatic nitrogens is 5. The maximum atomic E-state index is 11.8. The number of pyridine rings is 1. The van der Waals surface area contributed by atoms with Gasteiger partial charge < -0.3 is 19.9 Å². The number of amides is 2. The third-order valence-corrected chi connectivity index (χ3v) is 7.51. The van der Waals surface area contributed by atoms with Crippen molar-refractivity contribution in [2.24, 2.45) is 5.92 Å². The molecular formula is C27H31N9O3S. The molecule has 208 valence electrons. The van der Waals surface area contributed by atoms with E-state index in [2.05, 4.69) is 35.5 Å². The van der Waals surface area contributed by atoms with Gasteiger partial charge in [-0.05, 0) is 61.3 Å². The highest BCUT2D eigenvalue weighted by Gasteiger charge is 2.26. The monoisotopic (exact) mass is 561 g/mol. The summed E-state index contributed by atoms with van der Waals surface area (Å²) in [4.78, 5) is 50.2. The first-order valence-corrected chi connectivity index (χ1v) is 13.8. The van der Waals surface area contributed by atoms with Crippen LogP contribution in [-0.2, 0) is 11.3 Å². The average Bonchev–Trinajstić information content (AvgIpc) is 3.29. The zero-order valence-corrected chi connectivity index (χ0v) is 23.4. The van der Waals surface area contributed by atoms with Crippen LogP contribution in [0.5, 0.6) is 5.75 Å². The standard InChI is InChI=1S/C27H31N9O3S/c1-35(2)25-30-14-18(15-31-25)20-4-5-22(39-3)21(33-20)16-28-13-17-7-10-36(11-8-17)26-29-9-6-19(32-26)12-23-24(37)34-27(38)40-23/h4-6,9,12,14-15,17,28H,7-8,10-11,13,16H2,1-3H3,(H,34,37,38)/b23-12-. The maximum Gasteiger partial charge on any atom is 0.290 e. The van der Waals surface area contributed by atoms with Gasteiger partial charge in [0.2, 0.25) is 11.9 Å². The molecule has 0 atom stereocenters. The first-order valence-electron chi connectivity index (χ1n) is 13.0. The van der Waals surface area contributed by atoms with Crippen LogP contribution in [0.3, 0.4) is 0 Å². The molecule has 3 aromatic heterocycles. The second kappa shape index (κ2) is 12.4. The Kier molecular flexibility index (Phi) is 8.51. The lowest BCUT2D eigenvalue weighted by atomic mass is 9.97. The molecule has 2 N–H and O–H groups in total. The van der Waals surface area contributed by atoms with Crippen molar-refractivity contribution in [1.82, 2.24) is 35.6 Å². The van der Waals surface area contributed by atoms with Gasteiger partial charge >= 0.3 is 0 Å². The number of ether oxygens (including phenoxy) is 1. The Labute approximate surface area is 236 Å². The summed E-state index contributed by atoms with van der Waals surface area (Å²) in [7, 11) is 5.46. The van der Waals surface area contributed by atoms with E-state index in [0.29, 0.717) is 35.0 Å². The number of carbonyl (C=O) groups is 2. The van der Waals surface area contributed by atoms with Crippen LogP contribution in [0, 0.1) is 5.92 Å². The third kappa shape index (κ3) is 6.54. The van der Waals surface area contributed by atoms with Crippen molar-refractivity contribution in [3.05, 3.63) is 53.1 Å². The summed E-state index contributed by atoms with van der Waals surface area (Å²) in [5, 5.41) is 5.45. The van der Waals surface area contributed by atoms with E-state index in [4.69, 9.17) is 9.72 Å². The van der Waals surface area contributed by atoms with Crippen molar-refractivity contribution in [3.63, 3.8) is 0 Å². The van der Waals surface area contributed by atoms with E-state index in [-0.39, 0.29) is 5.24 Å². The van der Waals surface area contributed by atoms with Gasteiger partial charge in [0, 0.05) is 57.9 Å². The van der Waals surface area contributed by atoms with Gasteiger partial charge in [-0.3, -0.25) is 14.9 Å². The number of nitrogens with one attached hydrogen (secondary N) is 2. The minimum atomic E-state index is -0.393. The molecule has 3 aromatic rings. The highest BCUT2D eigenvalue weighted by molar-refractivity contribution is 8.18. The van der Waals surface area contributed by atoms with Crippen molar-refractivity contribution < 1.29 is 14.3 Å².